The first-order valence-corrected chi connectivity index (χ1v) is 7.08. The number of thioether (sulfide) groups is 1. The molecule has 0 unspecified atom stereocenters. The minimum Gasteiger partial charge on any atom is -0.481 e. The smallest absolute Gasteiger partial charge is 0.304 e. The molecule has 0 bridgehead atoms. The van der Waals surface area contributed by atoms with Crippen LogP contribution in [0.25, 0.3) is 0 Å². The Morgan fingerprint density at radius 2 is 2.00 bits per heavy atom. The summed E-state index contributed by atoms with van der Waals surface area (Å²) in [6, 6.07) is 6.49. The van der Waals surface area contributed by atoms with E-state index in [1.807, 2.05) is 18.8 Å². The van der Waals surface area contributed by atoms with Crippen molar-refractivity contribution in [2.24, 2.45) is 0 Å². The highest BCUT2D eigenvalue weighted by Gasteiger charge is 2.03. The summed E-state index contributed by atoms with van der Waals surface area (Å²) in [5.74, 6) is 0.252. The van der Waals surface area contributed by atoms with Gasteiger partial charge in [-0.05, 0) is 44.2 Å². The number of rotatable bonds is 7. The molecule has 0 spiro atoms. The number of benzene rings is 1. The molecule has 0 saturated carbocycles. The van der Waals surface area contributed by atoms with Gasteiger partial charge in [-0.15, -0.1) is 11.8 Å². The first-order valence-electron chi connectivity index (χ1n) is 6.09. The number of carboxylic acids is 1. The lowest BCUT2D eigenvalue weighted by Crippen LogP contribution is -2.24. The van der Waals surface area contributed by atoms with E-state index in [0.29, 0.717) is 6.54 Å². The van der Waals surface area contributed by atoms with Gasteiger partial charge in [-0.3, -0.25) is 4.79 Å². The molecule has 0 fully saturated rings. The van der Waals surface area contributed by atoms with Gasteiger partial charge in [0.15, 0.2) is 0 Å². The van der Waals surface area contributed by atoms with Crippen LogP contribution >= 0.6 is 11.8 Å². The Morgan fingerprint density at radius 3 is 2.61 bits per heavy atom. The van der Waals surface area contributed by atoms with E-state index in [4.69, 9.17) is 5.11 Å². The lowest BCUT2D eigenvalue weighted by atomic mass is 10.1. The van der Waals surface area contributed by atoms with E-state index < -0.39 is 5.97 Å². The molecule has 3 nitrogen and oxygen atoms in total. The third-order valence-electron chi connectivity index (χ3n) is 2.93. The maximum atomic E-state index is 10.4. The summed E-state index contributed by atoms with van der Waals surface area (Å²) in [7, 11) is 1.96. The highest BCUT2D eigenvalue weighted by atomic mass is 32.2. The van der Waals surface area contributed by atoms with Gasteiger partial charge >= 0.3 is 5.97 Å². The van der Waals surface area contributed by atoms with Gasteiger partial charge in [0.2, 0.25) is 0 Å². The number of aliphatic carboxylic acids is 1. The second kappa shape index (κ2) is 7.44. The number of hydrogen-bond donors (Lipinski definition) is 1. The molecule has 0 saturated heterocycles. The van der Waals surface area contributed by atoms with Crippen LogP contribution in [0.15, 0.2) is 23.1 Å². The van der Waals surface area contributed by atoms with Gasteiger partial charge in [-0.25, -0.2) is 0 Å². The molecule has 18 heavy (non-hydrogen) atoms. The summed E-state index contributed by atoms with van der Waals surface area (Å²) in [6.07, 6.45) is 0.213. The van der Waals surface area contributed by atoms with Crippen molar-refractivity contribution in [3.8, 4) is 0 Å². The van der Waals surface area contributed by atoms with E-state index in [1.165, 1.54) is 16.0 Å². The van der Waals surface area contributed by atoms with Crippen molar-refractivity contribution in [1.82, 2.24) is 4.90 Å². The summed E-state index contributed by atoms with van der Waals surface area (Å²) in [5.41, 5.74) is 2.64. The second-order valence-corrected chi connectivity index (χ2v) is 5.71. The third kappa shape index (κ3) is 5.56. The van der Waals surface area contributed by atoms with Crippen LogP contribution < -0.4 is 0 Å². The normalized spacial score (nSPS) is 10.9. The summed E-state index contributed by atoms with van der Waals surface area (Å²) in [6.45, 7) is 5.76. The number of hydrogen-bond acceptors (Lipinski definition) is 3. The molecule has 0 aliphatic carbocycles. The average molecular weight is 267 g/mol. The SMILES string of the molecule is Cc1ccc(SCCN(C)CCC(=O)O)cc1C. The standard InChI is InChI=1S/C14H21NO2S/c1-11-4-5-13(10-12(11)2)18-9-8-15(3)7-6-14(16)17/h4-5,10H,6-9H2,1-3H3,(H,16,17). The van der Waals surface area contributed by atoms with Crippen LogP contribution in [0.3, 0.4) is 0 Å². The van der Waals surface area contributed by atoms with Crippen LogP contribution in [0.1, 0.15) is 17.5 Å². The van der Waals surface area contributed by atoms with E-state index in [-0.39, 0.29) is 6.42 Å². The van der Waals surface area contributed by atoms with Crippen LogP contribution in [-0.4, -0.2) is 41.9 Å². The molecular formula is C14H21NO2S. The zero-order valence-electron chi connectivity index (χ0n) is 11.3. The van der Waals surface area contributed by atoms with E-state index in [0.717, 1.165) is 12.3 Å². The topological polar surface area (TPSA) is 40.5 Å². The second-order valence-electron chi connectivity index (χ2n) is 4.54. The Bertz CT molecular complexity index is 407. The van der Waals surface area contributed by atoms with Gasteiger partial charge in [-0.1, -0.05) is 6.07 Å². The van der Waals surface area contributed by atoms with Crippen molar-refractivity contribution in [2.45, 2.75) is 25.2 Å². The number of carboxylic acid groups (broad SMARTS) is 1. The highest BCUT2D eigenvalue weighted by molar-refractivity contribution is 7.99. The molecule has 4 heteroatoms. The van der Waals surface area contributed by atoms with Crippen LogP contribution in [-0.2, 0) is 4.79 Å². The fourth-order valence-corrected chi connectivity index (χ4v) is 2.58. The van der Waals surface area contributed by atoms with Crippen molar-refractivity contribution in [2.75, 3.05) is 25.9 Å². The van der Waals surface area contributed by atoms with Crippen molar-refractivity contribution in [3.63, 3.8) is 0 Å². The largest absolute Gasteiger partial charge is 0.481 e. The van der Waals surface area contributed by atoms with E-state index in [9.17, 15) is 4.79 Å². The summed E-state index contributed by atoms with van der Waals surface area (Å²) in [4.78, 5) is 13.8. The maximum Gasteiger partial charge on any atom is 0.304 e. The Hall–Kier alpha value is -1.00. The predicted molar refractivity (Wildman–Crippen MR) is 76.4 cm³/mol. The van der Waals surface area contributed by atoms with Crippen LogP contribution in [0, 0.1) is 13.8 Å². The minimum absolute atomic E-state index is 0.213. The number of aryl methyl sites for hydroxylation is 2. The molecule has 0 heterocycles. The Morgan fingerprint density at radius 1 is 1.28 bits per heavy atom. The van der Waals surface area contributed by atoms with E-state index in [1.54, 1.807) is 0 Å². The molecule has 0 amide bonds. The first-order chi connectivity index (χ1) is 8.49. The van der Waals surface area contributed by atoms with Crippen molar-refractivity contribution >= 4 is 17.7 Å². The van der Waals surface area contributed by atoms with Gasteiger partial charge in [0.05, 0.1) is 6.42 Å². The molecule has 1 rings (SSSR count). The molecular weight excluding hydrogens is 246 g/mol. The monoisotopic (exact) mass is 267 g/mol. The average Bonchev–Trinajstić information content (AvgIpc) is 2.31. The van der Waals surface area contributed by atoms with Gasteiger partial charge in [0, 0.05) is 23.7 Å². The first kappa shape index (κ1) is 15.1. The van der Waals surface area contributed by atoms with Crippen molar-refractivity contribution < 1.29 is 9.90 Å². The summed E-state index contributed by atoms with van der Waals surface area (Å²) >= 11 is 1.82. The van der Waals surface area contributed by atoms with E-state index in [2.05, 4.69) is 36.9 Å². The fourth-order valence-electron chi connectivity index (χ4n) is 1.52. The summed E-state index contributed by atoms with van der Waals surface area (Å²) in [5, 5.41) is 8.59. The number of nitrogens with zero attached hydrogens (tertiary/aromatic N) is 1. The quantitative estimate of drug-likeness (QED) is 0.771. The Labute approximate surface area is 113 Å². The molecule has 0 atom stereocenters. The minimum atomic E-state index is -0.733. The molecule has 0 radical (unpaired) electrons. The van der Waals surface area contributed by atoms with Crippen molar-refractivity contribution in [3.05, 3.63) is 29.3 Å². The van der Waals surface area contributed by atoms with Gasteiger partial charge in [0.1, 0.15) is 0 Å². The van der Waals surface area contributed by atoms with Gasteiger partial charge < -0.3 is 10.0 Å². The fraction of sp³-hybridized carbons (Fsp3) is 0.500. The number of carbonyl (C=O) groups is 1. The van der Waals surface area contributed by atoms with Crippen LogP contribution in [0.2, 0.25) is 0 Å². The van der Waals surface area contributed by atoms with E-state index >= 15 is 0 Å². The molecule has 0 aliphatic rings. The molecule has 100 valence electrons. The zero-order valence-corrected chi connectivity index (χ0v) is 12.1. The van der Waals surface area contributed by atoms with Crippen LogP contribution in [0.4, 0.5) is 0 Å². The van der Waals surface area contributed by atoms with Crippen LogP contribution in [0.5, 0.6) is 0 Å². The lowest BCUT2D eigenvalue weighted by molar-refractivity contribution is -0.137. The Balaban J connectivity index is 2.28. The van der Waals surface area contributed by atoms with Gasteiger partial charge in [-0.2, -0.15) is 0 Å². The molecule has 0 aromatic heterocycles. The summed E-state index contributed by atoms with van der Waals surface area (Å²) < 4.78 is 0. The third-order valence-corrected chi connectivity index (χ3v) is 3.90. The van der Waals surface area contributed by atoms with Gasteiger partial charge in [0.25, 0.3) is 0 Å². The Kier molecular flexibility index (Phi) is 6.22. The lowest BCUT2D eigenvalue weighted by Gasteiger charge is -2.15. The molecule has 1 N–H and O–H groups in total. The maximum absolute atomic E-state index is 10.4. The van der Waals surface area contributed by atoms with Crippen molar-refractivity contribution in [1.29, 1.82) is 0 Å². The zero-order chi connectivity index (χ0) is 13.5. The molecule has 1 aromatic carbocycles. The molecule has 0 aliphatic heterocycles. The molecule has 1 aromatic rings. The predicted octanol–water partition coefficient (Wildman–Crippen LogP) is 2.80. The highest BCUT2D eigenvalue weighted by Crippen LogP contribution is 2.20.